The summed E-state index contributed by atoms with van der Waals surface area (Å²) in [5, 5.41) is 18.3. The fourth-order valence-corrected chi connectivity index (χ4v) is 1.92. The van der Waals surface area contributed by atoms with Gasteiger partial charge >= 0.3 is 5.69 Å². The third kappa shape index (κ3) is 2.72. The van der Waals surface area contributed by atoms with E-state index in [-0.39, 0.29) is 5.69 Å². The molecule has 2 aromatic rings. The van der Waals surface area contributed by atoms with Gasteiger partial charge < -0.3 is 9.88 Å². The fraction of sp³-hybridized carbons (Fsp3) is 0.455. The monoisotopic (exact) mass is 264 g/mol. The van der Waals surface area contributed by atoms with Crippen molar-refractivity contribution in [2.75, 3.05) is 11.9 Å². The zero-order valence-corrected chi connectivity index (χ0v) is 10.9. The second kappa shape index (κ2) is 5.51. The molecule has 0 aliphatic rings. The number of hydrogen-bond donors (Lipinski definition) is 1. The zero-order chi connectivity index (χ0) is 13.8. The van der Waals surface area contributed by atoms with Crippen molar-refractivity contribution in [2.24, 2.45) is 0 Å². The molecule has 2 aromatic heterocycles. The normalized spacial score (nSPS) is 10.6. The van der Waals surface area contributed by atoms with Gasteiger partial charge in [-0.2, -0.15) is 5.10 Å². The Labute approximate surface area is 110 Å². The largest absolute Gasteiger partial charge is 0.363 e. The molecular weight excluding hydrogens is 248 g/mol. The van der Waals surface area contributed by atoms with E-state index in [0.717, 1.165) is 0 Å². The molecular formula is C11H16N6O2. The van der Waals surface area contributed by atoms with Gasteiger partial charge in [-0.1, -0.05) is 0 Å². The van der Waals surface area contributed by atoms with Crippen LogP contribution >= 0.6 is 0 Å². The van der Waals surface area contributed by atoms with Crippen LogP contribution in [-0.4, -0.2) is 30.8 Å². The van der Waals surface area contributed by atoms with Crippen LogP contribution in [0.2, 0.25) is 0 Å². The highest BCUT2D eigenvalue weighted by Gasteiger charge is 2.24. The van der Waals surface area contributed by atoms with Crippen molar-refractivity contribution in [3.8, 4) is 0 Å². The lowest BCUT2D eigenvalue weighted by Crippen LogP contribution is -2.13. The first kappa shape index (κ1) is 13.1. The minimum absolute atomic E-state index is 0.0486. The lowest BCUT2D eigenvalue weighted by molar-refractivity contribution is -0.384. The molecule has 0 unspecified atom stereocenters. The summed E-state index contributed by atoms with van der Waals surface area (Å²) < 4.78 is 3.51. The molecule has 2 rings (SSSR count). The van der Waals surface area contributed by atoms with Crippen LogP contribution < -0.4 is 5.32 Å². The molecule has 1 N–H and O–H groups in total. The van der Waals surface area contributed by atoms with Gasteiger partial charge in [-0.3, -0.25) is 10.1 Å². The maximum atomic E-state index is 11.1. The first-order chi connectivity index (χ1) is 9.13. The first-order valence-electron chi connectivity index (χ1n) is 6.05. The Bertz CT molecular complexity index is 560. The number of aryl methyl sites for hydroxylation is 2. The minimum Gasteiger partial charge on any atom is -0.363 e. The SMILES string of the molecule is CCn1nc(C)c([N+](=O)[O-])c1NCCn1ccnc1. The van der Waals surface area contributed by atoms with E-state index in [9.17, 15) is 10.1 Å². The summed E-state index contributed by atoms with van der Waals surface area (Å²) in [4.78, 5) is 14.6. The van der Waals surface area contributed by atoms with E-state index in [1.165, 1.54) is 0 Å². The number of rotatable bonds is 6. The molecule has 0 saturated carbocycles. The topological polar surface area (TPSA) is 90.8 Å². The fourth-order valence-electron chi connectivity index (χ4n) is 1.92. The maximum Gasteiger partial charge on any atom is 0.333 e. The van der Waals surface area contributed by atoms with Crippen molar-refractivity contribution >= 4 is 11.5 Å². The smallest absolute Gasteiger partial charge is 0.333 e. The zero-order valence-electron chi connectivity index (χ0n) is 10.9. The molecule has 0 amide bonds. The van der Waals surface area contributed by atoms with Crippen molar-refractivity contribution in [3.63, 3.8) is 0 Å². The van der Waals surface area contributed by atoms with E-state index in [0.29, 0.717) is 31.1 Å². The van der Waals surface area contributed by atoms with Gasteiger partial charge in [-0.25, -0.2) is 9.67 Å². The summed E-state index contributed by atoms with van der Waals surface area (Å²) in [5.41, 5.74) is 0.476. The number of hydrogen-bond acceptors (Lipinski definition) is 5. The number of aromatic nitrogens is 4. The van der Waals surface area contributed by atoms with E-state index in [1.54, 1.807) is 24.1 Å². The lowest BCUT2D eigenvalue weighted by atomic mass is 10.4. The molecule has 0 spiro atoms. The molecule has 8 heteroatoms. The molecule has 0 atom stereocenters. The number of imidazole rings is 1. The Morgan fingerprint density at radius 1 is 1.53 bits per heavy atom. The van der Waals surface area contributed by atoms with E-state index >= 15 is 0 Å². The van der Waals surface area contributed by atoms with Gasteiger partial charge in [0.25, 0.3) is 0 Å². The number of nitro groups is 1. The van der Waals surface area contributed by atoms with Gasteiger partial charge in [0, 0.05) is 32.0 Å². The summed E-state index contributed by atoms with van der Waals surface area (Å²) in [6.45, 7) is 5.39. The molecule has 0 bridgehead atoms. The van der Waals surface area contributed by atoms with Gasteiger partial charge in [0.1, 0.15) is 5.69 Å². The van der Waals surface area contributed by atoms with E-state index < -0.39 is 4.92 Å². The Morgan fingerprint density at radius 3 is 2.89 bits per heavy atom. The number of nitrogens with one attached hydrogen (secondary N) is 1. The molecule has 0 aromatic carbocycles. The lowest BCUT2D eigenvalue weighted by Gasteiger charge is -2.07. The second-order valence-electron chi connectivity index (χ2n) is 4.08. The standard InChI is InChI=1S/C11H16N6O2/c1-3-16-11(10(17(18)19)9(2)14-16)13-5-7-15-6-4-12-8-15/h4,6,8,13H,3,5,7H2,1-2H3. The van der Waals surface area contributed by atoms with Gasteiger partial charge in [0.05, 0.1) is 11.3 Å². The molecule has 0 fully saturated rings. The molecule has 102 valence electrons. The quantitative estimate of drug-likeness (QED) is 0.629. The van der Waals surface area contributed by atoms with Crippen molar-refractivity contribution in [1.82, 2.24) is 19.3 Å². The van der Waals surface area contributed by atoms with E-state index in [4.69, 9.17) is 0 Å². The van der Waals surface area contributed by atoms with Crippen LogP contribution in [-0.2, 0) is 13.1 Å². The summed E-state index contributed by atoms with van der Waals surface area (Å²) in [6, 6.07) is 0. The average molecular weight is 264 g/mol. The van der Waals surface area contributed by atoms with Crippen LogP contribution in [0, 0.1) is 17.0 Å². The van der Waals surface area contributed by atoms with E-state index in [2.05, 4.69) is 15.4 Å². The third-order valence-corrected chi connectivity index (χ3v) is 2.80. The Hall–Kier alpha value is -2.38. The first-order valence-corrected chi connectivity index (χ1v) is 6.05. The highest BCUT2D eigenvalue weighted by molar-refractivity contribution is 5.59. The number of nitrogens with zero attached hydrogens (tertiary/aromatic N) is 5. The molecule has 2 heterocycles. The Balaban J connectivity index is 2.12. The summed E-state index contributed by atoms with van der Waals surface area (Å²) in [5.74, 6) is 0.463. The molecule has 19 heavy (non-hydrogen) atoms. The van der Waals surface area contributed by atoms with E-state index in [1.807, 2.05) is 17.7 Å². The minimum atomic E-state index is -0.395. The highest BCUT2D eigenvalue weighted by atomic mass is 16.6. The van der Waals surface area contributed by atoms with Gasteiger partial charge in [-0.05, 0) is 13.8 Å². The van der Waals surface area contributed by atoms with Crippen molar-refractivity contribution in [2.45, 2.75) is 26.9 Å². The second-order valence-corrected chi connectivity index (χ2v) is 4.08. The summed E-state index contributed by atoms with van der Waals surface area (Å²) in [7, 11) is 0. The van der Waals surface area contributed by atoms with Crippen LogP contribution in [0.15, 0.2) is 18.7 Å². The Kier molecular flexibility index (Phi) is 3.79. The van der Waals surface area contributed by atoms with Crippen LogP contribution in [0.4, 0.5) is 11.5 Å². The predicted molar refractivity (Wildman–Crippen MR) is 70.0 cm³/mol. The van der Waals surface area contributed by atoms with Gasteiger partial charge in [0.15, 0.2) is 0 Å². The molecule has 0 aliphatic carbocycles. The predicted octanol–water partition coefficient (Wildman–Crippen LogP) is 1.43. The van der Waals surface area contributed by atoms with Crippen LogP contribution in [0.1, 0.15) is 12.6 Å². The van der Waals surface area contributed by atoms with Gasteiger partial charge in [0.2, 0.25) is 5.82 Å². The van der Waals surface area contributed by atoms with Crippen LogP contribution in [0.3, 0.4) is 0 Å². The highest BCUT2D eigenvalue weighted by Crippen LogP contribution is 2.27. The molecule has 0 radical (unpaired) electrons. The van der Waals surface area contributed by atoms with Crippen molar-refractivity contribution in [3.05, 3.63) is 34.5 Å². The Morgan fingerprint density at radius 2 is 2.32 bits per heavy atom. The molecule has 0 saturated heterocycles. The summed E-state index contributed by atoms with van der Waals surface area (Å²) in [6.07, 6.45) is 5.25. The summed E-state index contributed by atoms with van der Waals surface area (Å²) >= 11 is 0. The number of anilines is 1. The van der Waals surface area contributed by atoms with Crippen molar-refractivity contribution < 1.29 is 4.92 Å². The van der Waals surface area contributed by atoms with Crippen LogP contribution in [0.5, 0.6) is 0 Å². The third-order valence-electron chi connectivity index (χ3n) is 2.80. The molecule has 8 nitrogen and oxygen atoms in total. The molecule has 0 aliphatic heterocycles. The van der Waals surface area contributed by atoms with Gasteiger partial charge in [-0.15, -0.1) is 0 Å². The maximum absolute atomic E-state index is 11.1. The van der Waals surface area contributed by atoms with Crippen LogP contribution in [0.25, 0.3) is 0 Å². The average Bonchev–Trinajstić information content (AvgIpc) is 2.97. The van der Waals surface area contributed by atoms with Crippen molar-refractivity contribution in [1.29, 1.82) is 0 Å².